The van der Waals surface area contributed by atoms with E-state index in [0.29, 0.717) is 22.3 Å². The van der Waals surface area contributed by atoms with E-state index in [1.54, 1.807) is 60.9 Å². The first-order valence-electron chi connectivity index (χ1n) is 21.7. The number of carboxylic acids is 1. The van der Waals surface area contributed by atoms with Crippen molar-refractivity contribution in [2.75, 3.05) is 6.54 Å². The minimum atomic E-state index is -1.36. The first-order chi connectivity index (χ1) is 32.0. The zero-order chi connectivity index (χ0) is 46.4. The molecule has 2 aromatic heterocycles. The van der Waals surface area contributed by atoms with Gasteiger partial charge in [-0.1, -0.05) is 127 Å². The van der Waals surface area contributed by atoms with E-state index in [4.69, 9.17) is 5.73 Å². The second-order valence-corrected chi connectivity index (χ2v) is 16.1. The van der Waals surface area contributed by atoms with Gasteiger partial charge in [0, 0.05) is 66.3 Å². The highest BCUT2D eigenvalue weighted by atomic mass is 16.4. The van der Waals surface area contributed by atoms with Gasteiger partial charge in [-0.05, 0) is 39.9 Å². The van der Waals surface area contributed by atoms with Crippen molar-refractivity contribution in [1.29, 1.82) is 0 Å². The van der Waals surface area contributed by atoms with Gasteiger partial charge < -0.3 is 47.4 Å². The SMILES string of the molecule is NCC(=O)N[C@@H](Cc1ccccc1)C(=O)N[C@@H](Cc1ccccc1)C(=O)N[C@@H](Cc1ccccc1)C(=O)N[C@@H](Cc1c[nH]c2ccccc12)C(=O)N[C@@H](Cc1c[nH]c2ccccc12)C(=O)O. The molecule has 0 radical (unpaired) electrons. The van der Waals surface area contributed by atoms with Crippen LogP contribution < -0.4 is 32.3 Å². The molecule has 2 heterocycles. The number of rotatable bonds is 21. The summed E-state index contributed by atoms with van der Waals surface area (Å²) in [7, 11) is 0. The van der Waals surface area contributed by atoms with E-state index in [0.717, 1.165) is 27.4 Å². The number of benzene rings is 5. The van der Waals surface area contributed by atoms with Gasteiger partial charge in [-0.15, -0.1) is 0 Å². The average molecular weight is 889 g/mol. The Morgan fingerprint density at radius 1 is 0.424 bits per heavy atom. The number of nitrogens with two attached hydrogens (primary N) is 1. The van der Waals surface area contributed by atoms with Crippen molar-refractivity contribution in [2.45, 2.75) is 62.3 Å². The highest BCUT2D eigenvalue weighted by Crippen LogP contribution is 2.21. The Labute approximate surface area is 380 Å². The number of H-pyrrole nitrogens is 2. The summed E-state index contributed by atoms with van der Waals surface area (Å²) in [6, 6.07) is 35.7. The Bertz CT molecular complexity index is 2780. The monoisotopic (exact) mass is 888 g/mol. The molecule has 0 bridgehead atoms. The molecule has 0 saturated carbocycles. The molecule has 5 amide bonds. The number of fused-ring (bicyclic) bond motifs is 2. The number of carboxylic acid groups (broad SMARTS) is 1. The van der Waals surface area contributed by atoms with Crippen molar-refractivity contribution in [1.82, 2.24) is 36.6 Å². The molecule has 0 aliphatic rings. The fourth-order valence-electron chi connectivity index (χ4n) is 7.97. The largest absolute Gasteiger partial charge is 0.480 e. The van der Waals surface area contributed by atoms with Crippen LogP contribution in [0.1, 0.15) is 27.8 Å². The molecule has 5 atom stereocenters. The molecule has 7 aromatic rings. The van der Waals surface area contributed by atoms with Crippen molar-refractivity contribution in [2.24, 2.45) is 5.73 Å². The summed E-state index contributed by atoms with van der Waals surface area (Å²) in [5.74, 6) is -4.64. The van der Waals surface area contributed by atoms with Gasteiger partial charge in [-0.3, -0.25) is 24.0 Å². The average Bonchev–Trinajstić information content (AvgIpc) is 3.94. The lowest BCUT2D eigenvalue weighted by molar-refractivity contribution is -0.142. The van der Waals surface area contributed by atoms with Crippen LogP contribution >= 0.6 is 0 Å². The maximum absolute atomic E-state index is 14.7. The Morgan fingerprint density at radius 3 is 1.12 bits per heavy atom. The van der Waals surface area contributed by atoms with Crippen LogP contribution in [-0.4, -0.2) is 87.3 Å². The van der Waals surface area contributed by atoms with E-state index < -0.39 is 65.7 Å². The Kier molecular flexibility index (Phi) is 15.4. The van der Waals surface area contributed by atoms with Gasteiger partial charge in [0.2, 0.25) is 29.5 Å². The fraction of sp³-hybridized carbons (Fsp3) is 0.216. The second-order valence-electron chi connectivity index (χ2n) is 16.1. The number of amides is 5. The highest BCUT2D eigenvalue weighted by molar-refractivity contribution is 5.97. The Hall–Kier alpha value is -8.04. The fourth-order valence-corrected chi connectivity index (χ4v) is 7.97. The van der Waals surface area contributed by atoms with Crippen molar-refractivity contribution in [3.8, 4) is 0 Å². The molecule has 0 spiro atoms. The van der Waals surface area contributed by atoms with Crippen LogP contribution in [0.25, 0.3) is 21.8 Å². The molecular weight excluding hydrogens is 837 g/mol. The summed E-state index contributed by atoms with van der Waals surface area (Å²) in [5.41, 5.74) is 10.8. The second kappa shape index (κ2) is 22.0. The summed E-state index contributed by atoms with van der Waals surface area (Å²) in [4.78, 5) is 89.3. The van der Waals surface area contributed by atoms with E-state index >= 15 is 0 Å². The first kappa shape index (κ1) is 46.0. The van der Waals surface area contributed by atoms with Gasteiger partial charge in [0.1, 0.15) is 30.2 Å². The standard InChI is InChI=1S/C51H52N8O7/c52-29-46(60)55-41(24-32-14-4-1-5-15-32)47(61)56-42(25-33-16-6-2-7-17-33)48(62)57-43(26-34-18-8-3-9-19-34)49(63)58-44(27-35-30-53-39-22-12-10-20-37(35)39)50(64)59-45(51(65)66)28-36-31-54-40-23-13-11-21-38(36)40/h1-23,30-31,41-45,53-54H,24-29,52H2,(H,55,60)(H,56,61)(H,57,62)(H,58,63)(H,59,64)(H,65,66)/t41-,42-,43-,44-,45-/m0/s1. The van der Waals surface area contributed by atoms with Gasteiger partial charge >= 0.3 is 5.97 Å². The lowest BCUT2D eigenvalue weighted by Crippen LogP contribution is -2.60. The van der Waals surface area contributed by atoms with Crippen molar-refractivity contribution < 1.29 is 33.9 Å². The van der Waals surface area contributed by atoms with E-state index in [-0.39, 0.29) is 38.6 Å². The van der Waals surface area contributed by atoms with Crippen LogP contribution in [0.5, 0.6) is 0 Å². The number of aromatic amines is 2. The molecular formula is C51H52N8O7. The first-order valence-corrected chi connectivity index (χ1v) is 21.7. The van der Waals surface area contributed by atoms with E-state index in [1.165, 1.54) is 0 Å². The third-order valence-corrected chi connectivity index (χ3v) is 11.4. The van der Waals surface area contributed by atoms with Crippen LogP contribution in [0.15, 0.2) is 152 Å². The molecule has 0 fully saturated rings. The quantitative estimate of drug-likeness (QED) is 0.0515. The topological polar surface area (TPSA) is 240 Å². The lowest BCUT2D eigenvalue weighted by Gasteiger charge is -2.27. The molecule has 7 rings (SSSR count). The van der Waals surface area contributed by atoms with E-state index in [1.807, 2.05) is 91.0 Å². The predicted octanol–water partition coefficient (Wildman–Crippen LogP) is 3.63. The molecule has 338 valence electrons. The van der Waals surface area contributed by atoms with Crippen LogP contribution in [0.4, 0.5) is 0 Å². The van der Waals surface area contributed by atoms with Gasteiger partial charge in [-0.2, -0.15) is 0 Å². The number of hydrogen-bond donors (Lipinski definition) is 9. The minimum Gasteiger partial charge on any atom is -0.480 e. The molecule has 15 nitrogen and oxygen atoms in total. The summed E-state index contributed by atoms with van der Waals surface area (Å²) in [5, 5.41) is 25.9. The smallest absolute Gasteiger partial charge is 0.326 e. The number of carbonyl (C=O) groups excluding carboxylic acids is 5. The minimum absolute atomic E-state index is 0.00660. The van der Waals surface area contributed by atoms with Crippen molar-refractivity contribution in [3.05, 3.63) is 180 Å². The molecule has 66 heavy (non-hydrogen) atoms. The third kappa shape index (κ3) is 12.1. The van der Waals surface area contributed by atoms with Crippen LogP contribution in [-0.2, 0) is 60.9 Å². The molecule has 0 unspecified atom stereocenters. The number of nitrogens with one attached hydrogen (secondary N) is 7. The zero-order valence-electron chi connectivity index (χ0n) is 36.0. The number of para-hydroxylation sites is 2. The summed E-state index contributed by atoms with van der Waals surface area (Å²) >= 11 is 0. The Morgan fingerprint density at radius 2 is 0.742 bits per heavy atom. The molecule has 15 heteroatoms. The van der Waals surface area contributed by atoms with Crippen LogP contribution in [0, 0.1) is 0 Å². The number of carbonyl (C=O) groups is 6. The summed E-state index contributed by atoms with van der Waals surface area (Å²) in [6.45, 7) is -0.358. The van der Waals surface area contributed by atoms with Gasteiger partial charge in [0.05, 0.1) is 6.54 Å². The molecule has 0 aliphatic carbocycles. The summed E-state index contributed by atoms with van der Waals surface area (Å²) < 4.78 is 0. The maximum Gasteiger partial charge on any atom is 0.326 e. The van der Waals surface area contributed by atoms with Crippen molar-refractivity contribution >= 4 is 57.3 Å². The van der Waals surface area contributed by atoms with E-state index in [2.05, 4.69) is 36.6 Å². The normalized spacial score (nSPS) is 13.4. The molecule has 10 N–H and O–H groups in total. The Balaban J connectivity index is 1.17. The predicted molar refractivity (Wildman–Crippen MR) is 251 cm³/mol. The van der Waals surface area contributed by atoms with Gasteiger partial charge in [-0.25, -0.2) is 4.79 Å². The molecule has 0 aliphatic heterocycles. The third-order valence-electron chi connectivity index (χ3n) is 11.4. The van der Waals surface area contributed by atoms with Gasteiger partial charge in [0.15, 0.2) is 0 Å². The number of hydrogen-bond acceptors (Lipinski definition) is 7. The number of aliphatic carboxylic acids is 1. The lowest BCUT2D eigenvalue weighted by atomic mass is 9.99. The molecule has 0 saturated heterocycles. The van der Waals surface area contributed by atoms with Crippen LogP contribution in [0.3, 0.4) is 0 Å². The number of aromatic nitrogens is 2. The van der Waals surface area contributed by atoms with Gasteiger partial charge in [0.25, 0.3) is 0 Å². The zero-order valence-corrected chi connectivity index (χ0v) is 36.0. The highest BCUT2D eigenvalue weighted by Gasteiger charge is 2.34. The molecule has 5 aromatic carbocycles. The van der Waals surface area contributed by atoms with E-state index in [9.17, 15) is 33.9 Å². The summed E-state index contributed by atoms with van der Waals surface area (Å²) in [6.07, 6.45) is 3.51. The van der Waals surface area contributed by atoms with Crippen LogP contribution in [0.2, 0.25) is 0 Å². The maximum atomic E-state index is 14.7. The van der Waals surface area contributed by atoms with Crippen molar-refractivity contribution in [3.63, 3.8) is 0 Å².